The number of phenols is 3. The van der Waals surface area contributed by atoms with Crippen molar-refractivity contribution in [2.75, 3.05) is 45.4 Å². The van der Waals surface area contributed by atoms with Crippen LogP contribution in [0.2, 0.25) is 5.02 Å². The third kappa shape index (κ3) is 22.9. The number of anilines is 1. The second-order valence-corrected chi connectivity index (χ2v) is 39.2. The SMILES string of the molecule is CN[C@H](CC(C)C)C(=O)N[C@H]1C(=O)N[C@@H](CC(=O)NC(=O)Nc2ccc(OC)cc2)C(=O)N[C@H]2C(=O)N[C@H]3C(=O)N[C@H](C(=O)N[C@H](C(=O)NC4C5CC6CC(C5)CC4C6)c4cc(O)c(CNCCCCCCNS(C)(=O)=O)c(O)c4-c4cc3ccc4O)[C@H](O)c3ccc(c(Cl)c3)Oc3cc2cc(c3O[C@@H]2O[C@H](CO)[C@@H](O)[C@H](O)[C@H]2O[C@H]2C[C@](C)(N)[C@H](O)[C@H](C)O2)Oc2ccc(cc2C)[C@H]1O. The summed E-state index contributed by atoms with van der Waals surface area (Å²) < 4.78 is 70.7. The molecule has 17 rings (SSSR count). The molecule has 42 heteroatoms. The number of aliphatic hydroxyl groups excluding tert-OH is 6. The van der Waals surface area contributed by atoms with Crippen molar-refractivity contribution >= 4 is 80.6 Å². The minimum Gasteiger partial charge on any atom is -0.507 e. The standard InChI is InChI=1S/C93H118ClN13O27S/c1-41(2)25-58(96-6)84(118)106-74-76(112)47-14-21-62(42(3)26-47)130-64-34-51-35-65(81(64)134-91-82(80(116)79(115)66(40-108)132-91)133-68-38-93(5,95)83(117)43(4)129-68)131-63-22-15-48(33-57(63)94)77(113)75-90(124)105-73(88(122)102-70-49-28-44-27-45(30-49)31-50(70)29-44)55-36-61(110)56(39-97-23-11-9-10-12-24-98-135(8,126)127)78(114)69(55)54-32-46(13-20-60(54)109)71(86(120)107-75)104-87(121)72(51)103-85(119)59(100-89(74)123)37-67(111)101-92(125)99-52-16-18-53(128-7)19-17-52/h13-22,26,32-36,41,43-45,49-50,58-59,66,68,70-77,79-80,82-83,91,96-98,108-110,112-117H,9-12,23-25,27-31,37-40,95H2,1-8H3,(H,100,123)(H,102,122)(H,103,119)(H,104,121)(H,105,124)(H,106,118)(H,107,120)(H2,99,101,111,125)/t43-,44?,45?,49?,50?,58+,59-,66+,68-,70?,71+,72+,73-,74+,75-,76+,77+,79+,80-,82+,83+,91-,93-/m0/s1. The maximum absolute atomic E-state index is 16.9. The van der Waals surface area contributed by atoms with Gasteiger partial charge in [-0.05, 0) is 228 Å². The van der Waals surface area contributed by atoms with Crippen LogP contribution in [-0.4, -0.2) is 233 Å². The molecular formula is C93H118ClN13O27S. The van der Waals surface area contributed by atoms with Crippen LogP contribution in [0.25, 0.3) is 11.1 Å². The second kappa shape index (κ2) is 42.2. The minimum atomic E-state index is -3.43. The van der Waals surface area contributed by atoms with Gasteiger partial charge < -0.3 is 138 Å². The molecule has 0 radical (unpaired) electrons. The number of likely N-dealkylation sites (N-methyl/N-ethyl adjacent to an activating group) is 1. The lowest BCUT2D eigenvalue weighted by Crippen LogP contribution is -2.64. The molecule has 4 saturated carbocycles. The molecule has 6 aromatic rings. The lowest BCUT2D eigenvalue weighted by Gasteiger charge is -2.54. The smallest absolute Gasteiger partial charge is 0.325 e. The molecule has 6 aromatic carbocycles. The predicted octanol–water partition coefficient (Wildman–Crippen LogP) is 3.69. The van der Waals surface area contributed by atoms with Gasteiger partial charge in [0.1, 0.15) is 101 Å². The summed E-state index contributed by atoms with van der Waals surface area (Å²) in [4.78, 5) is 140. The van der Waals surface area contributed by atoms with E-state index in [2.05, 4.69) is 63.2 Å². The highest BCUT2D eigenvalue weighted by Gasteiger charge is 2.54. The number of ether oxygens (including phenoxy) is 7. The Morgan fingerprint density at radius 2 is 1.33 bits per heavy atom. The zero-order valence-electron chi connectivity index (χ0n) is 75.6. The van der Waals surface area contributed by atoms with Gasteiger partial charge in [-0.1, -0.05) is 56.5 Å². The zero-order chi connectivity index (χ0) is 97.1. The van der Waals surface area contributed by atoms with Gasteiger partial charge in [0.15, 0.2) is 23.9 Å². The lowest BCUT2D eigenvalue weighted by atomic mass is 9.54. The van der Waals surface area contributed by atoms with Gasteiger partial charge in [-0.15, -0.1) is 0 Å². The third-order valence-corrected chi connectivity index (χ3v) is 27.4. The molecule has 6 fully saturated rings. The van der Waals surface area contributed by atoms with E-state index in [9.17, 15) is 68.8 Å². The van der Waals surface area contributed by atoms with E-state index in [1.807, 2.05) is 13.8 Å². The molecule has 23 N–H and O–H groups in total. The Hall–Kier alpha value is -11.1. The van der Waals surface area contributed by atoms with E-state index < -0.39 is 242 Å². The second-order valence-electron chi connectivity index (χ2n) is 37.0. The number of phenolic OH excluding ortho intramolecular Hbond substituents is 3. The van der Waals surface area contributed by atoms with Gasteiger partial charge >= 0.3 is 6.03 Å². The number of benzene rings is 6. The van der Waals surface area contributed by atoms with Crippen molar-refractivity contribution in [1.82, 2.24) is 57.9 Å². The summed E-state index contributed by atoms with van der Waals surface area (Å²) in [6.45, 7) is 7.39. The van der Waals surface area contributed by atoms with Gasteiger partial charge in [0, 0.05) is 47.9 Å². The van der Waals surface area contributed by atoms with Crippen molar-refractivity contribution in [3.63, 3.8) is 0 Å². The van der Waals surface area contributed by atoms with Crippen LogP contribution < -0.4 is 87.9 Å². The molecule has 11 aliphatic rings. The van der Waals surface area contributed by atoms with Crippen LogP contribution in [0.4, 0.5) is 10.5 Å². The first-order valence-electron chi connectivity index (χ1n) is 45.1. The van der Waals surface area contributed by atoms with E-state index in [1.54, 1.807) is 0 Å². The fourth-order valence-electron chi connectivity index (χ4n) is 19.5. The topological polar surface area (TPSA) is 605 Å². The molecule has 4 aliphatic carbocycles. The molecule has 7 heterocycles. The first-order valence-corrected chi connectivity index (χ1v) is 47.4. The number of hydrogen-bond acceptors (Lipinski definition) is 30. The summed E-state index contributed by atoms with van der Waals surface area (Å²) >= 11 is 7.36. The summed E-state index contributed by atoms with van der Waals surface area (Å²) in [7, 11) is -0.537. The number of rotatable bonds is 26. The molecule has 40 nitrogen and oxygen atoms in total. The molecule has 0 aromatic heterocycles. The summed E-state index contributed by atoms with van der Waals surface area (Å²) in [5.74, 6) is -13.2. The van der Waals surface area contributed by atoms with E-state index in [-0.39, 0.29) is 106 Å². The van der Waals surface area contributed by atoms with Crippen molar-refractivity contribution in [3.8, 4) is 62.9 Å². The number of methoxy groups -OCH3 is 1. The first kappa shape index (κ1) is 99.8. The number of nitrogens with two attached hydrogens (primary N) is 1. The highest BCUT2D eigenvalue weighted by atomic mass is 35.5. The Kier molecular flexibility index (Phi) is 31.2. The molecular weight excluding hydrogens is 1800 g/mol. The molecule has 135 heavy (non-hydrogen) atoms. The van der Waals surface area contributed by atoms with Gasteiger partial charge in [0.05, 0.1) is 55.2 Å². The van der Waals surface area contributed by atoms with Crippen LogP contribution in [-0.2, 0) is 69.1 Å². The summed E-state index contributed by atoms with van der Waals surface area (Å²) in [6.07, 6.45) is -11.3. The maximum atomic E-state index is 16.9. The van der Waals surface area contributed by atoms with Crippen LogP contribution in [0.5, 0.6) is 51.7 Å². The number of nitrogens with one attached hydrogen (secondary N) is 12. The van der Waals surface area contributed by atoms with Crippen molar-refractivity contribution < 1.29 is 131 Å². The number of sulfonamides is 1. The van der Waals surface area contributed by atoms with Crippen LogP contribution in [0, 0.1) is 36.5 Å². The van der Waals surface area contributed by atoms with Gasteiger partial charge in [0.25, 0.3) is 0 Å². The summed E-state index contributed by atoms with van der Waals surface area (Å²) in [5, 5.41) is 139. The molecule has 18 atom stereocenters. The van der Waals surface area contributed by atoms with E-state index in [1.165, 1.54) is 89.5 Å². The van der Waals surface area contributed by atoms with E-state index in [0.717, 1.165) is 80.8 Å². The molecule has 0 spiro atoms. The number of aryl methyl sites for hydroxylation is 1. The Labute approximate surface area is 783 Å². The fourth-order valence-corrected chi connectivity index (χ4v) is 20.3. The predicted molar refractivity (Wildman–Crippen MR) is 484 cm³/mol. The number of aromatic hydroxyl groups is 3. The Balaban J connectivity index is 0.962. The van der Waals surface area contributed by atoms with Crippen LogP contribution in [0.15, 0.2) is 97.1 Å². The normalized spacial score (nSPS) is 29.1. The van der Waals surface area contributed by atoms with Gasteiger partial charge in [-0.25, -0.2) is 17.9 Å². The molecule has 15 bridgehead atoms. The molecule has 730 valence electrons. The van der Waals surface area contributed by atoms with E-state index in [4.69, 9.17) is 50.5 Å². The van der Waals surface area contributed by atoms with Gasteiger partial charge in [-0.2, -0.15) is 0 Å². The summed E-state index contributed by atoms with van der Waals surface area (Å²) in [6, 6.07) is 4.07. The fraction of sp³-hybridized carbons (Fsp3) is 0.516. The van der Waals surface area contributed by atoms with Crippen molar-refractivity contribution in [3.05, 3.63) is 141 Å². The molecule has 2 saturated heterocycles. The van der Waals surface area contributed by atoms with Crippen molar-refractivity contribution in [2.24, 2.45) is 35.3 Å². The lowest BCUT2D eigenvalue weighted by molar-refractivity contribution is -0.333. The zero-order valence-corrected chi connectivity index (χ0v) is 77.1. The van der Waals surface area contributed by atoms with Crippen molar-refractivity contribution in [1.29, 1.82) is 0 Å². The highest BCUT2D eigenvalue weighted by molar-refractivity contribution is 7.88. The Morgan fingerprint density at radius 3 is 1.96 bits per heavy atom. The number of urea groups is 1. The number of carbonyl (C=O) groups is 9. The van der Waals surface area contributed by atoms with Crippen LogP contribution in [0.3, 0.4) is 0 Å². The molecule has 7 aliphatic heterocycles. The van der Waals surface area contributed by atoms with E-state index >= 15 is 28.8 Å². The number of imide groups is 1. The monoisotopic (exact) mass is 1920 g/mol. The number of halogens is 1. The van der Waals surface area contributed by atoms with E-state index in [0.29, 0.717) is 43.3 Å². The number of amides is 10. The molecule has 10 amide bonds. The average molecular weight is 1920 g/mol. The third-order valence-electron chi connectivity index (χ3n) is 26.4. The quantitative estimate of drug-likeness (QED) is 0.0344. The van der Waals surface area contributed by atoms with Crippen LogP contribution in [0.1, 0.15) is 174 Å². The van der Waals surface area contributed by atoms with Gasteiger partial charge in [0.2, 0.25) is 69.3 Å². The maximum Gasteiger partial charge on any atom is 0.325 e. The minimum absolute atomic E-state index is 0.0142. The number of fused-ring (bicyclic) bond motifs is 15. The molecule has 0 unspecified atom stereocenters. The highest BCUT2D eigenvalue weighted by Crippen LogP contribution is 2.55. The Bertz CT molecular complexity index is 5540. The van der Waals surface area contributed by atoms with Crippen LogP contribution >= 0.6 is 11.6 Å². The number of hydrogen-bond donors (Lipinski definition) is 22. The Morgan fingerprint density at radius 1 is 0.689 bits per heavy atom. The number of aliphatic hydroxyl groups is 6. The van der Waals surface area contributed by atoms with Gasteiger partial charge in [-0.3, -0.25) is 43.7 Å². The summed E-state index contributed by atoms with van der Waals surface area (Å²) in [5.41, 5.74) is 3.04. The number of carbonyl (C=O) groups excluding carboxylic acids is 9. The van der Waals surface area contributed by atoms with Crippen molar-refractivity contribution in [2.45, 2.75) is 233 Å². The first-order chi connectivity index (χ1) is 64.1. The average Bonchev–Trinajstić information content (AvgIpc) is 0.718. The number of unbranched alkanes of at least 4 members (excludes halogenated alkanes) is 3. The largest absolute Gasteiger partial charge is 0.507 e.